The summed E-state index contributed by atoms with van der Waals surface area (Å²) in [6.45, 7) is 2.60. The molecular weight excluding hydrogens is 318 g/mol. The number of phenols is 1. The second-order valence-electron chi connectivity index (χ2n) is 5.80. The Bertz CT molecular complexity index is 858. The lowest BCUT2D eigenvalue weighted by atomic mass is 10.1. The van der Waals surface area contributed by atoms with Crippen molar-refractivity contribution in [1.82, 2.24) is 9.97 Å². The lowest BCUT2D eigenvalue weighted by molar-refractivity contribution is 0.0694. The van der Waals surface area contributed by atoms with Crippen molar-refractivity contribution in [2.75, 3.05) is 11.4 Å². The molecule has 3 N–H and O–H groups in total. The molecule has 0 fully saturated rings. The van der Waals surface area contributed by atoms with E-state index in [4.69, 9.17) is 0 Å². The fourth-order valence-corrected chi connectivity index (χ4v) is 2.68. The fourth-order valence-electron chi connectivity index (χ4n) is 2.68. The Morgan fingerprint density at radius 2 is 1.96 bits per heavy atom. The third-order valence-electron chi connectivity index (χ3n) is 4.06. The summed E-state index contributed by atoms with van der Waals surface area (Å²) < 4.78 is 0. The minimum Gasteiger partial charge on any atom is -0.505 e. The van der Waals surface area contributed by atoms with E-state index in [-0.39, 0.29) is 11.3 Å². The number of carboxylic acids is 1. The monoisotopic (exact) mass is 337 g/mol. The molecule has 128 valence electrons. The van der Waals surface area contributed by atoms with Crippen LogP contribution < -0.4 is 4.90 Å². The molecule has 0 amide bonds. The van der Waals surface area contributed by atoms with Gasteiger partial charge in [-0.1, -0.05) is 35.9 Å². The summed E-state index contributed by atoms with van der Waals surface area (Å²) in [5, 5.41) is 19.6. The van der Waals surface area contributed by atoms with E-state index in [1.54, 1.807) is 24.7 Å². The first-order valence-corrected chi connectivity index (χ1v) is 7.93. The smallest absolute Gasteiger partial charge is 0.339 e. The minimum absolute atomic E-state index is 0.127. The average Bonchev–Trinajstić information content (AvgIpc) is 3.12. The van der Waals surface area contributed by atoms with Crippen molar-refractivity contribution >= 4 is 17.5 Å². The molecule has 0 unspecified atom stereocenters. The van der Waals surface area contributed by atoms with Gasteiger partial charge in [-0.25, -0.2) is 9.78 Å². The summed E-state index contributed by atoms with van der Waals surface area (Å²) in [5.74, 6) is -0.735. The van der Waals surface area contributed by atoms with Crippen LogP contribution in [0.15, 0.2) is 55.0 Å². The van der Waals surface area contributed by atoms with Gasteiger partial charge in [-0.05, 0) is 31.0 Å². The minimum atomic E-state index is -1.16. The number of hydrogen-bond acceptors (Lipinski definition) is 4. The number of para-hydroxylation sites is 1. The predicted molar refractivity (Wildman–Crippen MR) is 95.5 cm³/mol. The number of aromatic hydroxyl groups is 1. The highest BCUT2D eigenvalue weighted by Crippen LogP contribution is 2.34. The Morgan fingerprint density at radius 3 is 2.60 bits per heavy atom. The van der Waals surface area contributed by atoms with Gasteiger partial charge in [0, 0.05) is 6.54 Å². The first-order chi connectivity index (χ1) is 12.1. The Balaban J connectivity index is 1.92. The van der Waals surface area contributed by atoms with Crippen LogP contribution in [0.1, 0.15) is 21.5 Å². The van der Waals surface area contributed by atoms with Gasteiger partial charge in [-0.15, -0.1) is 0 Å². The molecule has 1 heterocycles. The Morgan fingerprint density at radius 1 is 1.20 bits per heavy atom. The highest BCUT2D eigenvalue weighted by Gasteiger charge is 2.19. The molecule has 0 aliphatic rings. The second kappa shape index (κ2) is 7.09. The van der Waals surface area contributed by atoms with Crippen molar-refractivity contribution in [3.63, 3.8) is 0 Å². The summed E-state index contributed by atoms with van der Waals surface area (Å²) in [6.07, 6.45) is 3.92. The van der Waals surface area contributed by atoms with Crippen LogP contribution in [0.3, 0.4) is 0 Å². The van der Waals surface area contributed by atoms with E-state index < -0.39 is 5.97 Å². The van der Waals surface area contributed by atoms with Crippen molar-refractivity contribution in [2.24, 2.45) is 0 Å². The molecule has 0 atom stereocenters. The molecule has 0 aliphatic heterocycles. The number of nitrogens with one attached hydrogen (secondary N) is 1. The number of hydrogen-bond donors (Lipinski definition) is 3. The molecule has 2 aromatic carbocycles. The van der Waals surface area contributed by atoms with Crippen molar-refractivity contribution < 1.29 is 15.0 Å². The molecule has 0 spiro atoms. The van der Waals surface area contributed by atoms with Crippen molar-refractivity contribution in [3.8, 4) is 5.75 Å². The molecule has 1 aromatic heterocycles. The number of benzene rings is 2. The third kappa shape index (κ3) is 3.63. The van der Waals surface area contributed by atoms with E-state index in [0.29, 0.717) is 18.1 Å². The van der Waals surface area contributed by atoms with Crippen molar-refractivity contribution in [1.29, 1.82) is 0 Å². The third-order valence-corrected chi connectivity index (χ3v) is 4.06. The first-order valence-electron chi connectivity index (χ1n) is 7.93. The lowest BCUT2D eigenvalue weighted by Gasteiger charge is -2.24. The van der Waals surface area contributed by atoms with Gasteiger partial charge < -0.3 is 20.1 Å². The van der Waals surface area contributed by atoms with Crippen LogP contribution in [-0.4, -0.2) is 32.7 Å². The van der Waals surface area contributed by atoms with E-state index in [2.05, 4.69) is 34.2 Å². The molecule has 0 radical (unpaired) electrons. The Labute approximate surface area is 145 Å². The number of carboxylic acid groups (broad SMARTS) is 1. The standard InChI is InChI=1S/C19H19N3O3/c1-13-5-7-14(8-6-13)9-10-22(17-11-20-12-21-17)16-4-2-3-15(18(16)23)19(24)25/h2-8,11-12,23H,9-10H2,1H3,(H,20,21)(H,24,25). The normalized spacial score (nSPS) is 10.6. The van der Waals surface area contributed by atoms with Crippen molar-refractivity contribution in [3.05, 3.63) is 71.7 Å². The van der Waals surface area contributed by atoms with E-state index in [0.717, 1.165) is 12.0 Å². The van der Waals surface area contributed by atoms with E-state index in [1.807, 2.05) is 11.8 Å². The number of aromatic carboxylic acids is 1. The predicted octanol–water partition coefficient (Wildman–Crippen LogP) is 3.50. The maximum absolute atomic E-state index is 11.3. The number of nitrogens with zero attached hydrogens (tertiary/aromatic N) is 2. The number of imidazole rings is 1. The second-order valence-corrected chi connectivity index (χ2v) is 5.80. The van der Waals surface area contributed by atoms with Crippen LogP contribution in [0.4, 0.5) is 11.5 Å². The van der Waals surface area contributed by atoms with Gasteiger partial charge in [0.2, 0.25) is 0 Å². The summed E-state index contributed by atoms with van der Waals surface area (Å²) in [7, 11) is 0. The zero-order valence-corrected chi connectivity index (χ0v) is 13.8. The van der Waals surface area contributed by atoms with Crippen LogP contribution in [-0.2, 0) is 6.42 Å². The fraction of sp³-hybridized carbons (Fsp3) is 0.158. The van der Waals surface area contributed by atoms with Gasteiger partial charge in [-0.2, -0.15) is 0 Å². The van der Waals surface area contributed by atoms with E-state index in [9.17, 15) is 15.0 Å². The number of rotatable bonds is 6. The van der Waals surface area contributed by atoms with Gasteiger partial charge in [0.25, 0.3) is 0 Å². The number of aromatic amines is 1. The molecule has 0 bridgehead atoms. The quantitative estimate of drug-likeness (QED) is 0.640. The molecule has 0 saturated heterocycles. The largest absolute Gasteiger partial charge is 0.505 e. The summed E-state index contributed by atoms with van der Waals surface area (Å²) in [4.78, 5) is 20.2. The number of anilines is 2. The molecule has 6 heteroatoms. The van der Waals surface area contributed by atoms with Gasteiger partial charge >= 0.3 is 5.97 Å². The molecule has 6 nitrogen and oxygen atoms in total. The SMILES string of the molecule is Cc1ccc(CCN(c2cnc[nH]2)c2cccc(C(=O)O)c2O)cc1. The molecule has 25 heavy (non-hydrogen) atoms. The molecule has 3 aromatic rings. The Hall–Kier alpha value is -3.28. The molecular formula is C19H19N3O3. The molecule has 0 aliphatic carbocycles. The first kappa shape index (κ1) is 16.6. The summed E-state index contributed by atoms with van der Waals surface area (Å²) >= 11 is 0. The van der Waals surface area contributed by atoms with Crippen LogP contribution in [0.2, 0.25) is 0 Å². The van der Waals surface area contributed by atoms with Crippen LogP contribution in [0.25, 0.3) is 0 Å². The maximum atomic E-state index is 11.3. The van der Waals surface area contributed by atoms with Gasteiger partial charge in [-0.3, -0.25) is 0 Å². The zero-order chi connectivity index (χ0) is 17.8. The number of aromatic nitrogens is 2. The van der Waals surface area contributed by atoms with Crippen molar-refractivity contribution in [2.45, 2.75) is 13.3 Å². The van der Waals surface area contributed by atoms with Gasteiger partial charge in [0.15, 0.2) is 5.75 Å². The highest BCUT2D eigenvalue weighted by atomic mass is 16.4. The van der Waals surface area contributed by atoms with Gasteiger partial charge in [0.1, 0.15) is 11.4 Å². The number of H-pyrrole nitrogens is 1. The van der Waals surface area contributed by atoms with E-state index in [1.165, 1.54) is 11.6 Å². The summed E-state index contributed by atoms with van der Waals surface area (Å²) in [6, 6.07) is 12.9. The average molecular weight is 337 g/mol. The summed E-state index contributed by atoms with van der Waals surface area (Å²) in [5.41, 5.74) is 2.65. The Kier molecular flexibility index (Phi) is 4.70. The highest BCUT2D eigenvalue weighted by molar-refractivity contribution is 5.93. The molecule has 0 saturated carbocycles. The zero-order valence-electron chi connectivity index (χ0n) is 13.8. The van der Waals surface area contributed by atoms with Gasteiger partial charge in [0.05, 0.1) is 18.2 Å². The van der Waals surface area contributed by atoms with Crippen LogP contribution >= 0.6 is 0 Å². The number of carbonyl (C=O) groups is 1. The molecule has 3 rings (SSSR count). The van der Waals surface area contributed by atoms with Crippen LogP contribution in [0.5, 0.6) is 5.75 Å². The van der Waals surface area contributed by atoms with Crippen LogP contribution in [0, 0.1) is 6.92 Å². The maximum Gasteiger partial charge on any atom is 0.339 e. The number of aryl methyl sites for hydroxylation is 1. The topological polar surface area (TPSA) is 89.5 Å². The van der Waals surface area contributed by atoms with E-state index >= 15 is 0 Å². The lowest BCUT2D eigenvalue weighted by Crippen LogP contribution is -2.21.